The van der Waals surface area contributed by atoms with Gasteiger partial charge in [-0.15, -0.1) is 0 Å². The number of hydrogen-bond donors (Lipinski definition) is 1. The highest BCUT2D eigenvalue weighted by Gasteiger charge is 2.45. The van der Waals surface area contributed by atoms with Gasteiger partial charge in [0.15, 0.2) is 0 Å². The van der Waals surface area contributed by atoms with Crippen molar-refractivity contribution in [2.45, 2.75) is 42.8 Å². The van der Waals surface area contributed by atoms with E-state index >= 15 is 0 Å². The molecule has 2 aliphatic rings. The summed E-state index contributed by atoms with van der Waals surface area (Å²) in [6, 6.07) is 15.4. The topological polar surface area (TPSA) is 119 Å². The molecule has 2 aromatic carbocycles. The van der Waals surface area contributed by atoms with E-state index in [4.69, 9.17) is 15.2 Å². The SMILES string of the molecule is CC.NC(=O)C1(S(=O)c2ccc(OCCCN3C(=O)CN(c4ccccc4)C3=O)cc2)CCOCC1. The highest BCUT2D eigenvalue weighted by atomic mass is 32.2. The molecule has 0 saturated carbocycles. The molecule has 4 rings (SSSR count). The van der Waals surface area contributed by atoms with Crippen molar-refractivity contribution in [3.63, 3.8) is 0 Å². The van der Waals surface area contributed by atoms with Crippen molar-refractivity contribution in [2.75, 3.05) is 37.8 Å². The molecule has 2 heterocycles. The van der Waals surface area contributed by atoms with Gasteiger partial charge < -0.3 is 15.2 Å². The van der Waals surface area contributed by atoms with Gasteiger partial charge >= 0.3 is 6.03 Å². The van der Waals surface area contributed by atoms with Gasteiger partial charge in [0.2, 0.25) is 5.91 Å². The first kappa shape index (κ1) is 27.3. The zero-order chi connectivity index (χ0) is 26.1. The van der Waals surface area contributed by atoms with Gasteiger partial charge in [-0.1, -0.05) is 32.0 Å². The number of imide groups is 1. The third kappa shape index (κ3) is 5.93. The molecule has 0 aliphatic carbocycles. The molecule has 2 fully saturated rings. The van der Waals surface area contributed by atoms with Crippen molar-refractivity contribution in [3.8, 4) is 5.75 Å². The molecule has 9 nitrogen and oxygen atoms in total. The van der Waals surface area contributed by atoms with Gasteiger partial charge in [-0.2, -0.15) is 0 Å². The van der Waals surface area contributed by atoms with Crippen LogP contribution in [-0.4, -0.2) is 64.6 Å². The molecule has 0 radical (unpaired) electrons. The van der Waals surface area contributed by atoms with Crippen molar-refractivity contribution in [1.82, 2.24) is 4.90 Å². The monoisotopic (exact) mass is 515 g/mol. The van der Waals surface area contributed by atoms with Gasteiger partial charge in [-0.3, -0.25) is 23.6 Å². The molecule has 0 aromatic heterocycles. The largest absolute Gasteiger partial charge is 0.494 e. The van der Waals surface area contributed by atoms with Crippen molar-refractivity contribution in [3.05, 3.63) is 54.6 Å². The molecule has 2 saturated heterocycles. The predicted molar refractivity (Wildman–Crippen MR) is 137 cm³/mol. The zero-order valence-corrected chi connectivity index (χ0v) is 21.5. The second-order valence-electron chi connectivity index (χ2n) is 8.16. The number of anilines is 1. The first-order valence-corrected chi connectivity index (χ1v) is 13.3. The van der Waals surface area contributed by atoms with Crippen molar-refractivity contribution in [1.29, 1.82) is 0 Å². The van der Waals surface area contributed by atoms with Gasteiger partial charge in [0.1, 0.15) is 17.0 Å². The number of rotatable bonds is 9. The molecule has 2 aliphatic heterocycles. The van der Waals surface area contributed by atoms with Crippen molar-refractivity contribution >= 4 is 34.3 Å². The third-order valence-corrected chi connectivity index (χ3v) is 8.08. The fourth-order valence-electron chi connectivity index (χ4n) is 4.09. The van der Waals surface area contributed by atoms with Crippen LogP contribution in [0, 0.1) is 0 Å². The van der Waals surface area contributed by atoms with Crippen LogP contribution in [0.25, 0.3) is 0 Å². The van der Waals surface area contributed by atoms with Crippen LogP contribution in [0.1, 0.15) is 33.1 Å². The van der Waals surface area contributed by atoms with Crippen LogP contribution in [0.5, 0.6) is 5.75 Å². The molecule has 36 heavy (non-hydrogen) atoms. The first-order valence-electron chi connectivity index (χ1n) is 12.1. The maximum absolute atomic E-state index is 13.1. The number of nitrogens with two attached hydrogens (primary N) is 1. The Labute approximate surface area is 214 Å². The molecular formula is C26H33N3O6S. The van der Waals surface area contributed by atoms with Gasteiger partial charge in [0.05, 0.1) is 17.4 Å². The van der Waals surface area contributed by atoms with E-state index in [1.165, 1.54) is 9.80 Å². The summed E-state index contributed by atoms with van der Waals surface area (Å²) < 4.78 is 23.0. The Morgan fingerprint density at radius 3 is 2.31 bits per heavy atom. The summed E-state index contributed by atoms with van der Waals surface area (Å²) in [5, 5.41) is 0. The van der Waals surface area contributed by atoms with Crippen LogP contribution in [0.3, 0.4) is 0 Å². The second-order valence-corrected chi connectivity index (χ2v) is 9.95. The maximum Gasteiger partial charge on any atom is 0.331 e. The summed E-state index contributed by atoms with van der Waals surface area (Å²) >= 11 is 0. The Kier molecular flexibility index (Phi) is 9.60. The molecule has 2 aromatic rings. The van der Waals surface area contributed by atoms with Gasteiger partial charge in [-0.25, -0.2) is 4.79 Å². The number of carbonyl (C=O) groups is 3. The van der Waals surface area contributed by atoms with Crippen LogP contribution in [0.15, 0.2) is 59.5 Å². The number of ether oxygens (including phenoxy) is 2. The highest BCUT2D eigenvalue weighted by Crippen LogP contribution is 2.32. The molecular weight excluding hydrogens is 482 g/mol. The number of hydrogen-bond acceptors (Lipinski definition) is 6. The van der Waals surface area contributed by atoms with E-state index in [2.05, 4.69) is 0 Å². The lowest BCUT2D eigenvalue weighted by Crippen LogP contribution is -2.51. The Morgan fingerprint density at radius 2 is 1.69 bits per heavy atom. The predicted octanol–water partition coefficient (Wildman–Crippen LogP) is 3.09. The Bertz CT molecular complexity index is 1070. The Hall–Kier alpha value is -3.24. The molecule has 1 unspecified atom stereocenters. The number of para-hydroxylation sites is 1. The quantitative estimate of drug-likeness (QED) is 0.405. The lowest BCUT2D eigenvalue weighted by molar-refractivity contribution is -0.125. The Morgan fingerprint density at radius 1 is 1.06 bits per heavy atom. The molecule has 0 bridgehead atoms. The number of carbonyl (C=O) groups excluding carboxylic acids is 3. The van der Waals surface area contributed by atoms with Gasteiger partial charge in [0, 0.05) is 30.3 Å². The van der Waals surface area contributed by atoms with Crippen LogP contribution < -0.4 is 15.4 Å². The van der Waals surface area contributed by atoms with Crippen LogP contribution in [0.4, 0.5) is 10.5 Å². The summed E-state index contributed by atoms with van der Waals surface area (Å²) in [6.07, 6.45) is 1.12. The highest BCUT2D eigenvalue weighted by molar-refractivity contribution is 7.87. The maximum atomic E-state index is 13.1. The van der Waals surface area contributed by atoms with E-state index in [0.29, 0.717) is 55.4 Å². The minimum absolute atomic E-state index is 0.0290. The minimum atomic E-state index is -1.60. The number of amides is 4. The van der Waals surface area contributed by atoms with E-state index in [1.54, 1.807) is 36.4 Å². The molecule has 1 atom stereocenters. The summed E-state index contributed by atoms with van der Waals surface area (Å²) in [4.78, 5) is 40.2. The Balaban J connectivity index is 0.00000176. The number of benzene rings is 2. The molecule has 4 amide bonds. The van der Waals surface area contributed by atoms with E-state index < -0.39 is 21.5 Å². The number of nitrogens with zero attached hydrogens (tertiary/aromatic N) is 2. The first-order chi connectivity index (χ1) is 17.4. The van der Waals surface area contributed by atoms with Crippen LogP contribution in [0.2, 0.25) is 0 Å². The number of urea groups is 1. The van der Waals surface area contributed by atoms with E-state index in [-0.39, 0.29) is 25.0 Å². The smallest absolute Gasteiger partial charge is 0.331 e. The van der Waals surface area contributed by atoms with Crippen LogP contribution in [-0.2, 0) is 25.1 Å². The van der Waals surface area contributed by atoms with E-state index in [0.717, 1.165) is 0 Å². The molecule has 194 valence electrons. The molecule has 2 N–H and O–H groups in total. The normalized spacial score (nSPS) is 17.8. The molecule has 10 heteroatoms. The van der Waals surface area contributed by atoms with E-state index in [1.807, 2.05) is 32.0 Å². The third-order valence-electron chi connectivity index (χ3n) is 6.06. The second kappa shape index (κ2) is 12.6. The van der Waals surface area contributed by atoms with Gasteiger partial charge in [0.25, 0.3) is 5.91 Å². The van der Waals surface area contributed by atoms with Gasteiger partial charge in [-0.05, 0) is 55.7 Å². The minimum Gasteiger partial charge on any atom is -0.494 e. The standard InChI is InChI=1S/C24H27N3O6S.C2H6/c25-22(29)24(11-15-32-16-12-24)34(31)20-9-7-19(8-10-20)33-14-4-13-26-21(28)17-27(23(26)30)18-5-2-1-3-6-18;1-2/h1-3,5-10H,4,11-17H2,(H2,25,29);1-2H3. The van der Waals surface area contributed by atoms with Crippen molar-refractivity contribution < 1.29 is 28.1 Å². The summed E-state index contributed by atoms with van der Waals surface area (Å²) in [6.45, 7) is 5.28. The fraction of sp³-hybridized carbons (Fsp3) is 0.423. The molecule has 0 spiro atoms. The van der Waals surface area contributed by atoms with E-state index in [9.17, 15) is 18.6 Å². The lowest BCUT2D eigenvalue weighted by atomic mass is 9.98. The summed E-state index contributed by atoms with van der Waals surface area (Å²) in [5.74, 6) is -0.255. The average Bonchev–Trinajstić information content (AvgIpc) is 3.21. The summed E-state index contributed by atoms with van der Waals surface area (Å²) in [5.41, 5.74) is 6.29. The van der Waals surface area contributed by atoms with Crippen LogP contribution >= 0.6 is 0 Å². The van der Waals surface area contributed by atoms with Crippen molar-refractivity contribution in [2.24, 2.45) is 5.73 Å². The number of primary amides is 1. The summed E-state index contributed by atoms with van der Waals surface area (Å²) in [7, 11) is -1.60. The average molecular weight is 516 g/mol. The zero-order valence-electron chi connectivity index (χ0n) is 20.7. The lowest BCUT2D eigenvalue weighted by Gasteiger charge is -2.33. The fourth-order valence-corrected chi connectivity index (χ4v) is 5.65.